The topological polar surface area (TPSA) is 420 Å². The number of carbonyl (C=O) groups excluding carboxylic acids is 9. The molecule has 0 radical (unpaired) electrons. The number of likely N-dealkylation sites (N-methyl/N-ethyl adjacent to an activating group) is 1. The molecule has 0 bridgehead atoms. The van der Waals surface area contributed by atoms with Gasteiger partial charge in [-0.15, -0.1) is 11.3 Å². The first-order chi connectivity index (χ1) is 43.5. The maximum Gasteiger partial charge on any atom is 0.426 e. The van der Waals surface area contributed by atoms with Crippen molar-refractivity contribution in [2.24, 2.45) is 29.6 Å². The maximum atomic E-state index is 15.0. The zero-order chi connectivity index (χ0) is 68.8. The number of aliphatic carboxylic acids is 1. The zero-order valence-corrected chi connectivity index (χ0v) is 56.4. The Kier molecular flexibility index (Phi) is 36.1. The maximum absolute atomic E-state index is 15.0. The van der Waals surface area contributed by atoms with Crippen molar-refractivity contribution < 1.29 is 97.9 Å². The number of hydrogen-bond acceptors (Lipinski definition) is 24. The first-order valence-corrected chi connectivity index (χ1v) is 34.4. The molecular weight excluding hydrogens is 1260 g/mol. The van der Waals surface area contributed by atoms with Crippen LogP contribution in [0.15, 0.2) is 29.6 Å². The van der Waals surface area contributed by atoms with Crippen LogP contribution >= 0.6 is 32.9 Å². The number of rotatable bonds is 41. The number of hydrogen-bond donors (Lipinski definition) is 12. The second-order valence-corrected chi connectivity index (χ2v) is 27.1. The van der Waals surface area contributed by atoms with Gasteiger partial charge in [-0.1, -0.05) is 95.0 Å². The van der Waals surface area contributed by atoms with Crippen molar-refractivity contribution in [1.82, 2.24) is 41.6 Å². The lowest BCUT2D eigenvalue weighted by molar-refractivity contribution is -0.162. The summed E-state index contributed by atoms with van der Waals surface area (Å²) in [4.78, 5) is 140. The molecule has 1 saturated heterocycles. The van der Waals surface area contributed by atoms with Crippen molar-refractivity contribution in [3.63, 3.8) is 0 Å². The van der Waals surface area contributed by atoms with Crippen molar-refractivity contribution in [2.45, 2.75) is 187 Å². The number of aliphatic hydroxyl groups is 5. The molecule has 12 N–H and O–H groups in total. The van der Waals surface area contributed by atoms with Crippen LogP contribution in [0.4, 0.5) is 4.79 Å². The van der Waals surface area contributed by atoms with E-state index in [0.29, 0.717) is 24.8 Å². The lowest BCUT2D eigenvalue weighted by Crippen LogP contribution is -2.50. The van der Waals surface area contributed by atoms with E-state index in [4.69, 9.17) is 19.3 Å². The lowest BCUT2D eigenvalue weighted by Gasteiger charge is -2.39. The quantitative estimate of drug-likeness (QED) is 0.0114. The molecule has 28 nitrogen and oxygen atoms in total. The number of nitrogens with zero attached hydrogens (tertiary/aromatic N) is 3. The van der Waals surface area contributed by atoms with Gasteiger partial charge in [-0.05, 0) is 81.6 Å². The van der Waals surface area contributed by atoms with E-state index in [-0.39, 0.29) is 109 Å². The minimum atomic E-state index is -1.88. The van der Waals surface area contributed by atoms with Gasteiger partial charge in [-0.2, -0.15) is 0 Å². The summed E-state index contributed by atoms with van der Waals surface area (Å²) in [5.41, 5.74) is 5.13. The minimum absolute atomic E-state index is 0.00512. The molecule has 1 aromatic heterocycles. The summed E-state index contributed by atoms with van der Waals surface area (Å²) in [6.07, 6.45) is -5.52. The number of aromatic nitrogens is 1. The fourth-order valence-electron chi connectivity index (χ4n) is 10.00. The lowest BCUT2D eigenvalue weighted by atomic mass is 9.82. The first-order valence-electron chi connectivity index (χ1n) is 31.0. The fourth-order valence-corrected chi connectivity index (χ4v) is 12.8. The highest BCUT2D eigenvalue weighted by molar-refractivity contribution is 8.76. The number of carboxylic acid groups (broad SMARTS) is 1. The third-order valence-electron chi connectivity index (χ3n) is 15.8. The third kappa shape index (κ3) is 27.8. The summed E-state index contributed by atoms with van der Waals surface area (Å²) in [5.74, 6) is -8.33. The number of nitrogens with one attached hydrogen (secondary N) is 5. The van der Waals surface area contributed by atoms with Gasteiger partial charge in [0.25, 0.3) is 5.91 Å². The number of amides is 6. The van der Waals surface area contributed by atoms with Gasteiger partial charge in [0.2, 0.25) is 23.6 Å². The van der Waals surface area contributed by atoms with Gasteiger partial charge in [0.1, 0.15) is 47.4 Å². The van der Waals surface area contributed by atoms with Gasteiger partial charge < -0.3 is 70.8 Å². The number of phenols is 1. The van der Waals surface area contributed by atoms with E-state index < -0.39 is 134 Å². The molecule has 1 aliphatic rings. The van der Waals surface area contributed by atoms with Crippen LogP contribution in [0.3, 0.4) is 0 Å². The van der Waals surface area contributed by atoms with Crippen LogP contribution in [0.2, 0.25) is 0 Å². The van der Waals surface area contributed by atoms with Crippen LogP contribution in [0, 0.1) is 29.6 Å². The molecule has 92 heavy (non-hydrogen) atoms. The smallest absolute Gasteiger partial charge is 0.426 e. The van der Waals surface area contributed by atoms with Crippen molar-refractivity contribution in [1.29, 1.82) is 0 Å². The molecule has 0 aliphatic carbocycles. The number of ether oxygens (including phenoxy) is 3. The number of esters is 2. The van der Waals surface area contributed by atoms with E-state index in [9.17, 15) is 73.8 Å². The van der Waals surface area contributed by atoms with Gasteiger partial charge in [0.15, 0.2) is 18.6 Å². The van der Waals surface area contributed by atoms with E-state index >= 15 is 4.79 Å². The number of hydrazine groups is 1. The molecule has 0 spiro atoms. The van der Waals surface area contributed by atoms with E-state index in [0.717, 1.165) is 52.3 Å². The number of aliphatic hydroxyl groups excluding tert-OH is 5. The summed E-state index contributed by atoms with van der Waals surface area (Å²) in [6.45, 7) is 12.5. The number of benzene rings is 1. The second kappa shape index (κ2) is 41.5. The Morgan fingerprint density at radius 3 is 2.15 bits per heavy atom. The van der Waals surface area contributed by atoms with E-state index in [1.165, 1.54) is 36.3 Å². The normalized spacial score (nSPS) is 17.3. The van der Waals surface area contributed by atoms with Crippen LogP contribution in [0.25, 0.3) is 0 Å². The van der Waals surface area contributed by atoms with Crippen molar-refractivity contribution in [2.75, 3.05) is 51.6 Å². The van der Waals surface area contributed by atoms with Gasteiger partial charge in [0.05, 0.1) is 18.8 Å². The summed E-state index contributed by atoms with van der Waals surface area (Å²) in [7, 11) is 4.12. The zero-order valence-electron chi connectivity index (χ0n) is 53.9. The van der Waals surface area contributed by atoms with E-state index in [2.05, 4.69) is 31.8 Å². The number of thiazole rings is 1. The Hall–Kier alpha value is -6.19. The predicted molar refractivity (Wildman–Crippen MR) is 342 cm³/mol. The van der Waals surface area contributed by atoms with Crippen LogP contribution in [-0.4, -0.2) is 210 Å². The molecule has 31 heteroatoms. The molecule has 1 aliphatic heterocycles. The number of likely N-dealkylation sites (tertiary alicyclic amines) is 1. The van der Waals surface area contributed by atoms with Gasteiger partial charge in [-0.25, -0.2) is 20.0 Å². The average Bonchev–Trinajstić information content (AvgIpc) is 1.26. The fraction of sp³-hybridized carbons (Fsp3) is 0.689. The van der Waals surface area contributed by atoms with E-state index in [1.54, 1.807) is 19.1 Å². The highest BCUT2D eigenvalue weighted by Gasteiger charge is 2.40. The summed E-state index contributed by atoms with van der Waals surface area (Å²) < 4.78 is 16.8. The van der Waals surface area contributed by atoms with Crippen molar-refractivity contribution in [3.05, 3.63) is 45.9 Å². The summed E-state index contributed by atoms with van der Waals surface area (Å²) >= 11 is 1.05. The number of aromatic hydroxyl groups is 1. The second-order valence-electron chi connectivity index (χ2n) is 23.6. The van der Waals surface area contributed by atoms with E-state index in [1.807, 2.05) is 46.6 Å². The minimum Gasteiger partial charge on any atom is -0.508 e. The van der Waals surface area contributed by atoms with Crippen molar-refractivity contribution in [3.8, 4) is 5.75 Å². The third-order valence-corrected chi connectivity index (χ3v) is 19.1. The number of Topliss-reactive ketones (excluding diaryl/α,β-unsaturated/α-hetero) is 1. The molecular formula is C61H96N8O20S3. The molecule has 1 fully saturated rings. The van der Waals surface area contributed by atoms with Crippen LogP contribution in [0.5, 0.6) is 5.75 Å². The molecule has 6 amide bonds. The predicted octanol–water partition coefficient (Wildman–Crippen LogP) is 3.15. The van der Waals surface area contributed by atoms with Crippen LogP contribution < -0.4 is 26.8 Å². The molecule has 2 aromatic rings. The Morgan fingerprint density at radius 1 is 0.848 bits per heavy atom. The number of carboxylic acids is 1. The molecule has 2 heterocycles. The number of ketones is 1. The van der Waals surface area contributed by atoms with Crippen LogP contribution in [0.1, 0.15) is 153 Å². The summed E-state index contributed by atoms with van der Waals surface area (Å²) in [6, 6.07) is 3.13. The first kappa shape index (κ1) is 80.0. The average molecular weight is 1360 g/mol. The Labute approximate surface area is 549 Å². The monoisotopic (exact) mass is 1360 g/mol. The Balaban J connectivity index is 1.64. The van der Waals surface area contributed by atoms with Crippen LogP contribution in [-0.2, 0) is 59.0 Å². The van der Waals surface area contributed by atoms with Gasteiger partial charge in [-0.3, -0.25) is 48.7 Å². The van der Waals surface area contributed by atoms with Gasteiger partial charge in [0, 0.05) is 85.9 Å². The van der Waals surface area contributed by atoms with Gasteiger partial charge >= 0.3 is 24.0 Å². The Bertz CT molecular complexity index is 2690. The molecule has 1 unspecified atom stereocenters. The summed E-state index contributed by atoms with van der Waals surface area (Å²) in [5, 5.41) is 77.1. The number of carbonyl (C=O) groups is 10. The highest BCUT2D eigenvalue weighted by atomic mass is 33.1. The number of piperidine rings is 1. The largest absolute Gasteiger partial charge is 0.508 e. The molecule has 0 saturated carbocycles. The molecule has 3 rings (SSSR count). The molecule has 518 valence electrons. The number of phenolic OH excluding ortho intramolecular Hbond substituents is 1. The molecule has 13 atom stereocenters. The Morgan fingerprint density at radius 2 is 1.53 bits per heavy atom. The molecule has 1 aromatic carbocycles. The van der Waals surface area contributed by atoms with Crippen molar-refractivity contribution >= 4 is 92.2 Å². The highest BCUT2D eigenvalue weighted by Crippen LogP contribution is 2.34. The standard InChI is InChI=1S/C61H96N8O20S3/c1-10-14-52(77)88-33-69(59(83)42(35(5)11-2)27-47(73)45-15-12-13-22-68(45)9)46(34(3)4)28-50(89-38(8)71)58-65-43(31-90-58)57(82)63-40(26-39-17-19-41(72)20-18-39)25-37(7)56(81)66-67-61(86)87-23-24-91-92-32-44(60(84)85)64-55(80)36(6)16-21-51(76)62-29-48(74)53(78)54(79)49(75)30-70/h17-20,31,34-37,40,42,44-46,48-50,53-54,70,72,74-75,78-79H,10-16,21-30,32-33H2,1-9H3,(H,62,76)(H,63,82)(H,64,80)(H,66,81)(H,67,86)(H,84,85)/t35-,36-,37-,40+,42?,44+,45+,46+,48-,49+,50+,53+,54+/m0/s1. The SMILES string of the molecule is CCCC(=O)OCN(C(=O)C(CC(=O)[C@H]1CCCCN1C)[C@@H](C)CC)[C@H](C[C@@H](OC(C)=O)c1nc(C(=O)N[C@@H](Cc2ccc(O)cc2)C[C@H](C)C(=O)NNC(=O)OCCSSC[C@@H](NC(=O)[C@@H](C)CCC(=O)NC[C@H](O)[C@@H](O)[C@H](O)[C@H](O)CO)C(=O)O)cs1)C(C)C.